The highest BCUT2D eigenvalue weighted by Gasteiger charge is 2.35. The highest BCUT2D eigenvalue weighted by molar-refractivity contribution is 7.92. The summed E-state index contributed by atoms with van der Waals surface area (Å²) >= 11 is 13.1. The van der Waals surface area contributed by atoms with E-state index in [4.69, 9.17) is 27.9 Å². The Labute approximate surface area is 280 Å². The van der Waals surface area contributed by atoms with Gasteiger partial charge in [0.2, 0.25) is 11.8 Å². The zero-order chi connectivity index (χ0) is 33.1. The molecule has 0 saturated heterocycles. The number of anilines is 1. The number of nitrogens with zero attached hydrogens (tertiary/aromatic N) is 2. The Morgan fingerprint density at radius 1 is 0.826 bits per heavy atom. The molecule has 0 spiro atoms. The van der Waals surface area contributed by atoms with E-state index in [0.29, 0.717) is 40.9 Å². The van der Waals surface area contributed by atoms with Gasteiger partial charge in [-0.15, -0.1) is 0 Å². The first-order valence-corrected chi connectivity index (χ1v) is 17.2. The minimum Gasteiger partial charge on any atom is -0.494 e. The minimum atomic E-state index is -4.25. The van der Waals surface area contributed by atoms with Crippen LogP contribution in [0.3, 0.4) is 0 Å². The smallest absolute Gasteiger partial charge is 0.264 e. The van der Waals surface area contributed by atoms with Crippen LogP contribution in [-0.2, 0) is 32.6 Å². The number of benzene rings is 4. The van der Waals surface area contributed by atoms with Gasteiger partial charge >= 0.3 is 0 Å². The number of hydrogen-bond donors (Lipinski definition) is 1. The summed E-state index contributed by atoms with van der Waals surface area (Å²) < 4.78 is 34.8. The number of ether oxygens (including phenoxy) is 1. The van der Waals surface area contributed by atoms with Crippen LogP contribution in [0.1, 0.15) is 31.4 Å². The number of para-hydroxylation sites is 1. The van der Waals surface area contributed by atoms with Crippen LogP contribution in [0.15, 0.2) is 108 Å². The van der Waals surface area contributed by atoms with Gasteiger partial charge in [0.05, 0.1) is 17.2 Å². The van der Waals surface area contributed by atoms with Crippen molar-refractivity contribution in [2.75, 3.05) is 24.0 Å². The molecule has 0 aliphatic heterocycles. The number of carbonyl (C=O) groups excluding carboxylic acids is 2. The quantitative estimate of drug-likeness (QED) is 0.150. The first-order valence-electron chi connectivity index (χ1n) is 15.0. The fraction of sp³-hybridized carbons (Fsp3) is 0.257. The van der Waals surface area contributed by atoms with Crippen molar-refractivity contribution in [1.29, 1.82) is 0 Å². The van der Waals surface area contributed by atoms with E-state index in [2.05, 4.69) is 5.32 Å². The SMILES string of the molecule is CCCNC(=O)[C@H](Cc1ccccc1)N(Cc1c(Cl)cccc1Cl)C(=O)CN(c1ccccc1)S(=O)(=O)c1ccc(OCC)cc1. The molecule has 0 aliphatic carbocycles. The first-order chi connectivity index (χ1) is 22.1. The van der Waals surface area contributed by atoms with Crippen molar-refractivity contribution < 1.29 is 22.7 Å². The van der Waals surface area contributed by atoms with Gasteiger partial charge in [-0.1, -0.05) is 84.7 Å². The molecule has 0 aromatic heterocycles. The van der Waals surface area contributed by atoms with Crippen molar-refractivity contribution in [3.8, 4) is 5.75 Å². The van der Waals surface area contributed by atoms with Gasteiger partial charge < -0.3 is 15.0 Å². The lowest BCUT2D eigenvalue weighted by atomic mass is 10.0. The molecule has 0 aliphatic rings. The first kappa shape index (κ1) is 34.8. The summed E-state index contributed by atoms with van der Waals surface area (Å²) in [6.07, 6.45) is 0.872. The van der Waals surface area contributed by atoms with Crippen LogP contribution >= 0.6 is 23.2 Å². The Morgan fingerprint density at radius 3 is 2.02 bits per heavy atom. The Hall–Kier alpha value is -4.05. The molecule has 46 heavy (non-hydrogen) atoms. The monoisotopic (exact) mass is 681 g/mol. The molecule has 1 atom stereocenters. The largest absolute Gasteiger partial charge is 0.494 e. The Balaban J connectivity index is 1.80. The lowest BCUT2D eigenvalue weighted by Gasteiger charge is -2.34. The Bertz CT molecular complexity index is 1690. The van der Waals surface area contributed by atoms with Crippen molar-refractivity contribution in [3.05, 3.63) is 124 Å². The van der Waals surface area contributed by atoms with E-state index in [1.807, 2.05) is 44.2 Å². The normalized spacial score (nSPS) is 11.8. The number of amides is 2. The maximum atomic E-state index is 14.5. The average molecular weight is 683 g/mol. The van der Waals surface area contributed by atoms with Gasteiger partial charge in [0.15, 0.2) is 0 Å². The highest BCUT2D eigenvalue weighted by atomic mass is 35.5. The van der Waals surface area contributed by atoms with E-state index in [0.717, 1.165) is 9.87 Å². The Kier molecular flexibility index (Phi) is 12.5. The average Bonchev–Trinajstić information content (AvgIpc) is 3.06. The number of carbonyl (C=O) groups is 2. The van der Waals surface area contributed by atoms with Crippen molar-refractivity contribution >= 4 is 50.7 Å². The van der Waals surface area contributed by atoms with Crippen molar-refractivity contribution in [1.82, 2.24) is 10.2 Å². The molecule has 1 N–H and O–H groups in total. The highest BCUT2D eigenvalue weighted by Crippen LogP contribution is 2.29. The van der Waals surface area contributed by atoms with E-state index in [1.165, 1.54) is 17.0 Å². The molecule has 4 aromatic rings. The number of rotatable bonds is 15. The lowest BCUT2D eigenvalue weighted by molar-refractivity contribution is -0.140. The molecule has 2 amide bonds. The summed E-state index contributed by atoms with van der Waals surface area (Å²) in [4.78, 5) is 29.6. The second kappa shape index (κ2) is 16.5. The topological polar surface area (TPSA) is 96.0 Å². The van der Waals surface area contributed by atoms with Gasteiger partial charge in [-0.05, 0) is 67.4 Å². The molecule has 4 aromatic carbocycles. The maximum absolute atomic E-state index is 14.5. The minimum absolute atomic E-state index is 0.0187. The molecular formula is C35H37Cl2N3O5S. The van der Waals surface area contributed by atoms with E-state index in [-0.39, 0.29) is 29.5 Å². The second-order valence-electron chi connectivity index (χ2n) is 10.5. The molecule has 0 unspecified atom stereocenters. The van der Waals surface area contributed by atoms with Gasteiger partial charge in [-0.2, -0.15) is 0 Å². The van der Waals surface area contributed by atoms with Gasteiger partial charge in [0.25, 0.3) is 10.0 Å². The third kappa shape index (κ3) is 8.81. The molecule has 0 heterocycles. The van der Waals surface area contributed by atoms with E-state index in [1.54, 1.807) is 60.7 Å². The van der Waals surface area contributed by atoms with Crippen LogP contribution in [0.4, 0.5) is 5.69 Å². The van der Waals surface area contributed by atoms with Crippen molar-refractivity contribution in [2.45, 2.75) is 44.2 Å². The molecule has 0 bridgehead atoms. The van der Waals surface area contributed by atoms with E-state index >= 15 is 0 Å². The Morgan fingerprint density at radius 2 is 1.43 bits per heavy atom. The summed E-state index contributed by atoms with van der Waals surface area (Å²) in [6.45, 7) is 3.89. The molecule has 4 rings (SSSR count). The van der Waals surface area contributed by atoms with Crippen LogP contribution in [0.25, 0.3) is 0 Å². The fourth-order valence-electron chi connectivity index (χ4n) is 4.90. The second-order valence-corrected chi connectivity index (χ2v) is 13.1. The summed E-state index contributed by atoms with van der Waals surface area (Å²) in [5.74, 6) is -0.460. The van der Waals surface area contributed by atoms with Crippen molar-refractivity contribution in [2.24, 2.45) is 0 Å². The lowest BCUT2D eigenvalue weighted by Crippen LogP contribution is -2.53. The molecule has 242 valence electrons. The number of sulfonamides is 1. The number of hydrogen-bond acceptors (Lipinski definition) is 5. The molecule has 0 radical (unpaired) electrons. The zero-order valence-electron chi connectivity index (χ0n) is 25.7. The van der Waals surface area contributed by atoms with Crippen LogP contribution in [0, 0.1) is 0 Å². The zero-order valence-corrected chi connectivity index (χ0v) is 28.1. The molecule has 8 nitrogen and oxygen atoms in total. The van der Waals surface area contributed by atoms with Gasteiger partial charge in [0, 0.05) is 35.1 Å². The summed E-state index contributed by atoms with van der Waals surface area (Å²) in [6, 6.07) is 27.7. The molecule has 0 saturated carbocycles. The molecule has 11 heteroatoms. The van der Waals surface area contributed by atoms with Crippen LogP contribution in [0.2, 0.25) is 10.0 Å². The van der Waals surface area contributed by atoms with E-state index < -0.39 is 28.5 Å². The molecule has 0 fully saturated rings. The molecular weight excluding hydrogens is 645 g/mol. The summed E-state index contributed by atoms with van der Waals surface area (Å²) in [7, 11) is -4.25. The predicted octanol–water partition coefficient (Wildman–Crippen LogP) is 6.75. The van der Waals surface area contributed by atoms with Crippen molar-refractivity contribution in [3.63, 3.8) is 0 Å². The van der Waals surface area contributed by atoms with Gasteiger partial charge in [-0.25, -0.2) is 8.42 Å². The van der Waals surface area contributed by atoms with Gasteiger partial charge in [0.1, 0.15) is 18.3 Å². The standard InChI is InChI=1S/C35H37Cl2N3O5S/c1-3-22-38-35(42)33(23-26-12-7-5-8-13-26)39(24-30-31(36)16-11-17-32(30)37)34(41)25-40(27-14-9-6-10-15-27)46(43,44)29-20-18-28(19-21-29)45-4-2/h5-21,33H,3-4,22-25H2,1-2H3,(H,38,42)/t33-/m0/s1. The predicted molar refractivity (Wildman–Crippen MR) is 183 cm³/mol. The van der Waals surface area contributed by atoms with Crippen LogP contribution in [-0.4, -0.2) is 50.9 Å². The fourth-order valence-corrected chi connectivity index (χ4v) is 6.83. The third-order valence-corrected chi connectivity index (χ3v) is 9.75. The van der Waals surface area contributed by atoms with E-state index in [9.17, 15) is 18.0 Å². The number of halogens is 2. The van der Waals surface area contributed by atoms with Crippen LogP contribution in [0.5, 0.6) is 5.75 Å². The third-order valence-electron chi connectivity index (χ3n) is 7.26. The van der Waals surface area contributed by atoms with Gasteiger partial charge in [-0.3, -0.25) is 13.9 Å². The maximum Gasteiger partial charge on any atom is 0.264 e. The number of nitrogens with one attached hydrogen (secondary N) is 1. The summed E-state index contributed by atoms with van der Waals surface area (Å²) in [5, 5.41) is 3.56. The van der Waals surface area contributed by atoms with Crippen LogP contribution < -0.4 is 14.4 Å². The summed E-state index contributed by atoms with van der Waals surface area (Å²) in [5.41, 5.74) is 1.56.